The molecule has 1 aromatic rings. The van der Waals surface area contributed by atoms with Gasteiger partial charge in [0.2, 0.25) is 0 Å². The smallest absolute Gasteiger partial charge is 0.159 e. The maximum absolute atomic E-state index is 12.9. The van der Waals surface area contributed by atoms with Crippen molar-refractivity contribution in [1.82, 2.24) is 10.6 Å². The van der Waals surface area contributed by atoms with Crippen LogP contribution in [0.4, 0.5) is 8.78 Å². The van der Waals surface area contributed by atoms with Gasteiger partial charge in [-0.3, -0.25) is 0 Å². The molecule has 1 aliphatic rings. The monoisotopic (exact) mass is 254 g/mol. The summed E-state index contributed by atoms with van der Waals surface area (Å²) in [5.41, 5.74) is 0.831. The third-order valence-electron chi connectivity index (χ3n) is 3.12. The van der Waals surface area contributed by atoms with Gasteiger partial charge in [0.15, 0.2) is 11.6 Å². The van der Waals surface area contributed by atoms with Crippen molar-refractivity contribution < 1.29 is 8.78 Å². The molecule has 0 radical (unpaired) electrons. The molecule has 0 spiro atoms. The zero-order valence-corrected chi connectivity index (χ0v) is 10.5. The van der Waals surface area contributed by atoms with Gasteiger partial charge in [-0.15, -0.1) is 0 Å². The van der Waals surface area contributed by atoms with E-state index in [4.69, 9.17) is 0 Å². The van der Waals surface area contributed by atoms with Gasteiger partial charge in [0.1, 0.15) is 0 Å². The minimum absolute atomic E-state index is 0.729. The fourth-order valence-corrected chi connectivity index (χ4v) is 1.86. The predicted molar refractivity (Wildman–Crippen MR) is 68.6 cm³/mol. The van der Waals surface area contributed by atoms with Gasteiger partial charge in [-0.25, -0.2) is 8.78 Å². The van der Waals surface area contributed by atoms with E-state index in [1.165, 1.54) is 25.0 Å². The first kappa shape index (κ1) is 13.4. The van der Waals surface area contributed by atoms with Crippen molar-refractivity contribution >= 4 is 0 Å². The largest absolute Gasteiger partial charge is 0.316 e. The second kappa shape index (κ2) is 6.81. The summed E-state index contributed by atoms with van der Waals surface area (Å²) < 4.78 is 25.6. The van der Waals surface area contributed by atoms with Crippen LogP contribution in [0.5, 0.6) is 0 Å². The van der Waals surface area contributed by atoms with Crippen LogP contribution in [0.3, 0.4) is 0 Å². The van der Waals surface area contributed by atoms with Gasteiger partial charge in [-0.05, 0) is 63.0 Å². The Labute approximate surface area is 107 Å². The van der Waals surface area contributed by atoms with E-state index in [1.54, 1.807) is 6.07 Å². The Balaban J connectivity index is 1.52. The number of halogens is 2. The molecule has 0 atom stereocenters. The van der Waals surface area contributed by atoms with Crippen LogP contribution in [0, 0.1) is 11.6 Å². The third kappa shape index (κ3) is 4.70. The molecule has 1 fully saturated rings. The van der Waals surface area contributed by atoms with Crippen molar-refractivity contribution in [2.75, 3.05) is 19.6 Å². The van der Waals surface area contributed by atoms with Gasteiger partial charge >= 0.3 is 0 Å². The number of hydrogen-bond acceptors (Lipinski definition) is 2. The molecule has 4 heteroatoms. The second-order valence-corrected chi connectivity index (χ2v) is 4.83. The van der Waals surface area contributed by atoms with E-state index in [-0.39, 0.29) is 0 Å². The fourth-order valence-electron chi connectivity index (χ4n) is 1.86. The quantitative estimate of drug-likeness (QED) is 0.695. The summed E-state index contributed by atoms with van der Waals surface area (Å²) in [5, 5.41) is 6.75. The molecule has 0 bridgehead atoms. The Morgan fingerprint density at radius 2 is 1.89 bits per heavy atom. The van der Waals surface area contributed by atoms with E-state index in [2.05, 4.69) is 10.6 Å². The number of rotatable bonds is 8. The normalized spacial score (nSPS) is 15.0. The highest BCUT2D eigenvalue weighted by molar-refractivity contribution is 5.17. The van der Waals surface area contributed by atoms with Crippen molar-refractivity contribution in [3.8, 4) is 0 Å². The fraction of sp³-hybridized carbons (Fsp3) is 0.571. The first-order valence-electron chi connectivity index (χ1n) is 6.64. The minimum atomic E-state index is -0.780. The zero-order chi connectivity index (χ0) is 12.8. The Hall–Kier alpha value is -1.00. The number of nitrogens with one attached hydrogen (secondary N) is 2. The van der Waals surface area contributed by atoms with E-state index in [1.807, 2.05) is 0 Å². The molecule has 1 saturated carbocycles. The lowest BCUT2D eigenvalue weighted by molar-refractivity contribution is 0.506. The molecule has 2 N–H and O–H groups in total. The molecule has 0 aromatic heterocycles. The van der Waals surface area contributed by atoms with Gasteiger partial charge < -0.3 is 10.6 Å². The third-order valence-corrected chi connectivity index (χ3v) is 3.12. The summed E-state index contributed by atoms with van der Waals surface area (Å²) in [5.74, 6) is -1.54. The topological polar surface area (TPSA) is 24.1 Å². The molecule has 0 amide bonds. The summed E-state index contributed by atoms with van der Waals surface area (Å²) >= 11 is 0. The molecule has 0 aliphatic heterocycles. The summed E-state index contributed by atoms with van der Waals surface area (Å²) in [4.78, 5) is 0. The van der Waals surface area contributed by atoms with Crippen LogP contribution in [-0.2, 0) is 6.42 Å². The van der Waals surface area contributed by atoms with Crippen molar-refractivity contribution in [3.05, 3.63) is 35.4 Å². The zero-order valence-electron chi connectivity index (χ0n) is 10.5. The van der Waals surface area contributed by atoms with Crippen LogP contribution in [0.25, 0.3) is 0 Å². The van der Waals surface area contributed by atoms with Crippen LogP contribution in [0.15, 0.2) is 18.2 Å². The molecular formula is C14H20F2N2. The molecule has 2 nitrogen and oxygen atoms in total. The van der Waals surface area contributed by atoms with Gasteiger partial charge in [-0.1, -0.05) is 6.07 Å². The van der Waals surface area contributed by atoms with Crippen molar-refractivity contribution in [1.29, 1.82) is 0 Å². The Bertz CT molecular complexity index is 378. The van der Waals surface area contributed by atoms with Crippen LogP contribution in [0.1, 0.15) is 24.8 Å². The highest BCUT2D eigenvalue weighted by Crippen LogP contribution is 2.18. The van der Waals surface area contributed by atoms with Crippen LogP contribution < -0.4 is 10.6 Å². The average molecular weight is 254 g/mol. The van der Waals surface area contributed by atoms with Crippen LogP contribution >= 0.6 is 0 Å². The van der Waals surface area contributed by atoms with E-state index < -0.39 is 11.6 Å². The molecule has 0 unspecified atom stereocenters. The van der Waals surface area contributed by atoms with Crippen LogP contribution in [-0.4, -0.2) is 25.7 Å². The maximum atomic E-state index is 12.9. The Kier molecular flexibility index (Phi) is 5.08. The molecule has 100 valence electrons. The first-order valence-corrected chi connectivity index (χ1v) is 6.64. The van der Waals surface area contributed by atoms with Crippen molar-refractivity contribution in [2.24, 2.45) is 0 Å². The number of benzene rings is 1. The lowest BCUT2D eigenvalue weighted by atomic mass is 10.1. The average Bonchev–Trinajstić information content (AvgIpc) is 3.16. The minimum Gasteiger partial charge on any atom is -0.316 e. The lowest BCUT2D eigenvalue weighted by Crippen LogP contribution is -2.24. The summed E-state index contributed by atoms with van der Waals surface area (Å²) in [7, 11) is 0. The molecular weight excluding hydrogens is 234 g/mol. The molecule has 0 heterocycles. The lowest BCUT2D eigenvalue weighted by Gasteiger charge is -2.06. The van der Waals surface area contributed by atoms with Gasteiger partial charge in [-0.2, -0.15) is 0 Å². The second-order valence-electron chi connectivity index (χ2n) is 4.83. The van der Waals surface area contributed by atoms with Crippen molar-refractivity contribution in [2.45, 2.75) is 31.7 Å². The Morgan fingerprint density at radius 3 is 2.61 bits per heavy atom. The number of hydrogen-bond donors (Lipinski definition) is 2. The van der Waals surface area contributed by atoms with Crippen molar-refractivity contribution in [3.63, 3.8) is 0 Å². The van der Waals surface area contributed by atoms with Crippen LogP contribution in [0.2, 0.25) is 0 Å². The van der Waals surface area contributed by atoms with Gasteiger partial charge in [0.05, 0.1) is 0 Å². The molecule has 18 heavy (non-hydrogen) atoms. The summed E-state index contributed by atoms with van der Waals surface area (Å²) in [6.07, 6.45) is 4.48. The first-order chi connectivity index (χ1) is 8.75. The summed E-state index contributed by atoms with van der Waals surface area (Å²) in [6, 6.07) is 4.86. The van der Waals surface area contributed by atoms with Gasteiger partial charge in [0, 0.05) is 6.04 Å². The summed E-state index contributed by atoms with van der Waals surface area (Å²) in [6.45, 7) is 2.82. The SMILES string of the molecule is Fc1ccc(CCNCCCNC2CC2)cc1F. The van der Waals surface area contributed by atoms with E-state index in [0.29, 0.717) is 0 Å². The molecule has 2 rings (SSSR count). The molecule has 0 saturated heterocycles. The highest BCUT2D eigenvalue weighted by atomic mass is 19.2. The van der Waals surface area contributed by atoms with E-state index >= 15 is 0 Å². The standard InChI is InChI=1S/C14H20F2N2/c15-13-5-2-11(10-14(13)16)6-9-17-7-1-8-18-12-3-4-12/h2,5,10,12,17-18H,1,3-4,6-9H2. The molecule has 1 aliphatic carbocycles. The highest BCUT2D eigenvalue weighted by Gasteiger charge is 2.19. The Morgan fingerprint density at radius 1 is 1.06 bits per heavy atom. The maximum Gasteiger partial charge on any atom is 0.159 e. The molecule has 1 aromatic carbocycles. The van der Waals surface area contributed by atoms with E-state index in [0.717, 1.165) is 44.1 Å². The van der Waals surface area contributed by atoms with E-state index in [9.17, 15) is 8.78 Å². The predicted octanol–water partition coefficient (Wildman–Crippen LogP) is 2.24. The van der Waals surface area contributed by atoms with Gasteiger partial charge in [0.25, 0.3) is 0 Å².